The van der Waals surface area contributed by atoms with Gasteiger partial charge in [0.15, 0.2) is 0 Å². The molecule has 0 aromatic rings. The largest absolute Gasteiger partial charge is 0.391 e. The molecule has 2 heteroatoms. The fourth-order valence-corrected chi connectivity index (χ4v) is 3.59. The van der Waals surface area contributed by atoms with Crippen molar-refractivity contribution in [3.63, 3.8) is 0 Å². The second-order valence-electron chi connectivity index (χ2n) is 5.86. The van der Waals surface area contributed by atoms with E-state index in [2.05, 4.69) is 0 Å². The highest BCUT2D eigenvalue weighted by Gasteiger charge is 2.31. The highest BCUT2D eigenvalue weighted by molar-refractivity contribution is 4.87. The van der Waals surface area contributed by atoms with Crippen LogP contribution in [0.15, 0.2) is 0 Å². The molecule has 2 nitrogen and oxygen atoms in total. The number of aliphatic hydroxyl groups is 1. The van der Waals surface area contributed by atoms with Gasteiger partial charge >= 0.3 is 0 Å². The Bertz CT molecular complexity index is 173. The van der Waals surface area contributed by atoms with Gasteiger partial charge in [-0.2, -0.15) is 0 Å². The van der Waals surface area contributed by atoms with Gasteiger partial charge in [-0.05, 0) is 37.5 Å². The van der Waals surface area contributed by atoms with E-state index in [-0.39, 0.29) is 12.1 Å². The van der Waals surface area contributed by atoms with E-state index < -0.39 is 0 Å². The lowest BCUT2D eigenvalue weighted by Gasteiger charge is -2.36. The number of nitrogens with two attached hydrogens (primary N) is 1. The van der Waals surface area contributed by atoms with Gasteiger partial charge in [0, 0.05) is 6.04 Å². The third-order valence-electron chi connectivity index (χ3n) is 4.72. The predicted molar refractivity (Wildman–Crippen MR) is 67.1 cm³/mol. The SMILES string of the molecule is NC(C1CCCCC1)C(O)C1CCCCC1. The van der Waals surface area contributed by atoms with Crippen LogP contribution in [0.25, 0.3) is 0 Å². The Morgan fingerprint density at radius 2 is 1.19 bits per heavy atom. The average molecular weight is 225 g/mol. The summed E-state index contributed by atoms with van der Waals surface area (Å²) in [5, 5.41) is 10.4. The van der Waals surface area contributed by atoms with Crippen molar-refractivity contribution in [3.8, 4) is 0 Å². The minimum atomic E-state index is -0.233. The molecule has 2 unspecified atom stereocenters. The molecule has 2 aliphatic rings. The van der Waals surface area contributed by atoms with E-state index in [0.29, 0.717) is 11.8 Å². The van der Waals surface area contributed by atoms with Crippen molar-refractivity contribution in [3.05, 3.63) is 0 Å². The summed E-state index contributed by atoms with van der Waals surface area (Å²) >= 11 is 0. The standard InChI is InChI=1S/C14H27NO/c15-13(11-7-3-1-4-8-11)14(16)12-9-5-2-6-10-12/h11-14,16H,1-10,15H2. The number of aliphatic hydroxyl groups excluding tert-OH is 1. The van der Waals surface area contributed by atoms with Crippen molar-refractivity contribution < 1.29 is 5.11 Å². The first-order chi connectivity index (χ1) is 7.79. The smallest absolute Gasteiger partial charge is 0.0721 e. The van der Waals surface area contributed by atoms with Crippen LogP contribution in [0.5, 0.6) is 0 Å². The third-order valence-corrected chi connectivity index (χ3v) is 4.72. The van der Waals surface area contributed by atoms with Gasteiger partial charge in [0.05, 0.1) is 6.10 Å². The molecule has 3 N–H and O–H groups in total. The van der Waals surface area contributed by atoms with Crippen LogP contribution in [0.3, 0.4) is 0 Å². The van der Waals surface area contributed by atoms with Crippen molar-refractivity contribution in [2.75, 3.05) is 0 Å². The molecule has 0 heterocycles. The Morgan fingerprint density at radius 1 is 0.750 bits per heavy atom. The second kappa shape index (κ2) is 6.02. The summed E-state index contributed by atoms with van der Waals surface area (Å²) in [6, 6.07) is 0.0448. The topological polar surface area (TPSA) is 46.2 Å². The highest BCUT2D eigenvalue weighted by atomic mass is 16.3. The molecule has 0 amide bonds. The predicted octanol–water partition coefficient (Wildman–Crippen LogP) is 2.84. The molecule has 0 radical (unpaired) electrons. The Balaban J connectivity index is 1.84. The fourth-order valence-electron chi connectivity index (χ4n) is 3.59. The molecule has 0 spiro atoms. The number of hydrogen-bond donors (Lipinski definition) is 2. The molecule has 16 heavy (non-hydrogen) atoms. The van der Waals surface area contributed by atoms with Crippen molar-refractivity contribution in [2.24, 2.45) is 17.6 Å². The summed E-state index contributed by atoms with van der Waals surface area (Å²) in [5.74, 6) is 1.08. The molecule has 2 atom stereocenters. The summed E-state index contributed by atoms with van der Waals surface area (Å²) < 4.78 is 0. The van der Waals surface area contributed by atoms with Gasteiger partial charge in [-0.3, -0.25) is 0 Å². The lowest BCUT2D eigenvalue weighted by molar-refractivity contribution is 0.0369. The minimum Gasteiger partial charge on any atom is -0.391 e. The van der Waals surface area contributed by atoms with Crippen LogP contribution in [0.1, 0.15) is 64.2 Å². The maximum absolute atomic E-state index is 10.4. The lowest BCUT2D eigenvalue weighted by atomic mass is 9.76. The Morgan fingerprint density at radius 3 is 1.69 bits per heavy atom. The molecule has 94 valence electrons. The Hall–Kier alpha value is -0.0800. The van der Waals surface area contributed by atoms with E-state index in [9.17, 15) is 5.11 Å². The first kappa shape index (κ1) is 12.4. The fraction of sp³-hybridized carbons (Fsp3) is 1.00. The highest BCUT2D eigenvalue weighted by Crippen LogP contribution is 2.32. The monoisotopic (exact) mass is 225 g/mol. The average Bonchev–Trinajstić information content (AvgIpc) is 2.39. The zero-order valence-electron chi connectivity index (χ0n) is 10.4. The summed E-state index contributed by atoms with van der Waals surface area (Å²) in [6.45, 7) is 0. The van der Waals surface area contributed by atoms with Gasteiger partial charge in [0.2, 0.25) is 0 Å². The van der Waals surface area contributed by atoms with Crippen LogP contribution in [0, 0.1) is 11.8 Å². The summed E-state index contributed by atoms with van der Waals surface area (Å²) in [5.41, 5.74) is 6.27. The van der Waals surface area contributed by atoms with Gasteiger partial charge in [0.1, 0.15) is 0 Å². The third kappa shape index (κ3) is 2.98. The Kier molecular flexibility index (Phi) is 4.66. The van der Waals surface area contributed by atoms with E-state index in [1.807, 2.05) is 0 Å². The zero-order valence-corrected chi connectivity index (χ0v) is 10.4. The molecule has 2 aliphatic carbocycles. The number of hydrogen-bond acceptors (Lipinski definition) is 2. The van der Waals surface area contributed by atoms with Gasteiger partial charge < -0.3 is 10.8 Å². The number of rotatable bonds is 3. The summed E-state index contributed by atoms with van der Waals surface area (Å²) in [4.78, 5) is 0. The van der Waals surface area contributed by atoms with E-state index in [0.717, 1.165) is 0 Å². The van der Waals surface area contributed by atoms with Crippen LogP contribution in [0.4, 0.5) is 0 Å². The lowest BCUT2D eigenvalue weighted by Crippen LogP contribution is -2.46. The minimum absolute atomic E-state index is 0.0448. The quantitative estimate of drug-likeness (QED) is 0.776. The summed E-state index contributed by atoms with van der Waals surface area (Å²) in [7, 11) is 0. The molecule has 0 aliphatic heterocycles. The zero-order chi connectivity index (χ0) is 11.4. The van der Waals surface area contributed by atoms with E-state index in [4.69, 9.17) is 5.73 Å². The van der Waals surface area contributed by atoms with Gasteiger partial charge in [-0.25, -0.2) is 0 Å². The molecule has 0 saturated heterocycles. The van der Waals surface area contributed by atoms with Crippen molar-refractivity contribution in [1.29, 1.82) is 0 Å². The van der Waals surface area contributed by atoms with Crippen LogP contribution in [-0.4, -0.2) is 17.3 Å². The van der Waals surface area contributed by atoms with Crippen LogP contribution < -0.4 is 5.73 Å². The van der Waals surface area contributed by atoms with Crippen molar-refractivity contribution in [2.45, 2.75) is 76.4 Å². The van der Waals surface area contributed by atoms with E-state index in [1.165, 1.54) is 64.2 Å². The molecular weight excluding hydrogens is 198 g/mol. The molecule has 0 bridgehead atoms. The van der Waals surface area contributed by atoms with Gasteiger partial charge in [-0.1, -0.05) is 38.5 Å². The maximum Gasteiger partial charge on any atom is 0.0721 e. The van der Waals surface area contributed by atoms with Crippen LogP contribution in [0.2, 0.25) is 0 Å². The van der Waals surface area contributed by atoms with Gasteiger partial charge in [0.25, 0.3) is 0 Å². The summed E-state index contributed by atoms with van der Waals surface area (Å²) in [6.07, 6.45) is 12.6. The molecule has 0 aromatic carbocycles. The molecular formula is C14H27NO. The first-order valence-electron chi connectivity index (χ1n) is 7.22. The van der Waals surface area contributed by atoms with Crippen LogP contribution >= 0.6 is 0 Å². The second-order valence-corrected chi connectivity index (χ2v) is 5.86. The van der Waals surface area contributed by atoms with E-state index >= 15 is 0 Å². The maximum atomic E-state index is 10.4. The molecule has 2 saturated carbocycles. The molecule has 2 rings (SSSR count). The van der Waals surface area contributed by atoms with Gasteiger partial charge in [-0.15, -0.1) is 0 Å². The first-order valence-corrected chi connectivity index (χ1v) is 7.22. The molecule has 0 aromatic heterocycles. The van der Waals surface area contributed by atoms with E-state index in [1.54, 1.807) is 0 Å². The van der Waals surface area contributed by atoms with Crippen LogP contribution in [-0.2, 0) is 0 Å². The normalized spacial score (nSPS) is 28.9. The molecule has 2 fully saturated rings. The van der Waals surface area contributed by atoms with Crippen molar-refractivity contribution in [1.82, 2.24) is 0 Å². The van der Waals surface area contributed by atoms with Crippen molar-refractivity contribution >= 4 is 0 Å². The Labute approximate surface area is 99.6 Å².